The van der Waals surface area contributed by atoms with Gasteiger partial charge in [0.15, 0.2) is 0 Å². The summed E-state index contributed by atoms with van der Waals surface area (Å²) in [6.07, 6.45) is 5.92. The van der Waals surface area contributed by atoms with Crippen LogP contribution in [0.25, 0.3) is 0 Å². The molecular formula is C9H11N2. The maximum atomic E-state index is 3.87. The molecule has 0 aromatic carbocycles. The van der Waals surface area contributed by atoms with Crippen LogP contribution in [0.3, 0.4) is 0 Å². The Labute approximate surface area is 66.7 Å². The van der Waals surface area contributed by atoms with E-state index in [4.69, 9.17) is 0 Å². The standard InChI is InChI=1S/C9H11N2/c1-4-10-5-2-8(1)9-3-6-11-7-9/h1-2,4,9,11H,3,6-7H2. The Morgan fingerprint density at radius 1 is 1.64 bits per heavy atom. The fourth-order valence-corrected chi connectivity index (χ4v) is 1.52. The monoisotopic (exact) mass is 147 g/mol. The topological polar surface area (TPSA) is 24.9 Å². The molecular weight excluding hydrogens is 136 g/mol. The molecule has 0 saturated carbocycles. The van der Waals surface area contributed by atoms with Crippen LogP contribution in [-0.4, -0.2) is 18.1 Å². The Morgan fingerprint density at radius 2 is 2.64 bits per heavy atom. The Bertz CT molecular complexity index is 214. The summed E-state index contributed by atoms with van der Waals surface area (Å²) in [4.78, 5) is 3.87. The summed E-state index contributed by atoms with van der Waals surface area (Å²) in [5, 5.41) is 3.34. The van der Waals surface area contributed by atoms with E-state index >= 15 is 0 Å². The highest BCUT2D eigenvalue weighted by Gasteiger charge is 2.15. The van der Waals surface area contributed by atoms with E-state index in [1.807, 2.05) is 12.3 Å². The van der Waals surface area contributed by atoms with Crippen molar-refractivity contribution in [1.82, 2.24) is 10.3 Å². The summed E-state index contributed by atoms with van der Waals surface area (Å²) in [6.45, 7) is 2.25. The molecule has 1 fully saturated rings. The van der Waals surface area contributed by atoms with Gasteiger partial charge in [0.05, 0.1) is 6.20 Å². The van der Waals surface area contributed by atoms with Gasteiger partial charge in [-0.1, -0.05) is 0 Å². The maximum Gasteiger partial charge on any atom is 0.0889 e. The van der Waals surface area contributed by atoms with Gasteiger partial charge in [0.1, 0.15) is 0 Å². The molecule has 0 amide bonds. The third kappa shape index (κ3) is 1.40. The van der Waals surface area contributed by atoms with Gasteiger partial charge < -0.3 is 5.32 Å². The van der Waals surface area contributed by atoms with Crippen LogP contribution in [0.1, 0.15) is 17.9 Å². The number of aromatic nitrogens is 1. The summed E-state index contributed by atoms with van der Waals surface area (Å²) in [6, 6.07) is 4.06. The normalized spacial score (nSPS) is 23.8. The van der Waals surface area contributed by atoms with Crippen molar-refractivity contribution in [1.29, 1.82) is 0 Å². The van der Waals surface area contributed by atoms with E-state index in [1.165, 1.54) is 12.0 Å². The average Bonchev–Trinajstić information content (AvgIpc) is 2.58. The number of nitrogens with zero attached hydrogens (tertiary/aromatic N) is 1. The first-order valence-electron chi connectivity index (χ1n) is 3.99. The molecule has 1 aromatic heterocycles. The van der Waals surface area contributed by atoms with Crippen LogP contribution < -0.4 is 5.32 Å². The summed E-state index contributed by atoms with van der Waals surface area (Å²) < 4.78 is 0. The average molecular weight is 147 g/mol. The van der Waals surface area contributed by atoms with E-state index in [0.717, 1.165) is 13.1 Å². The van der Waals surface area contributed by atoms with E-state index in [1.54, 1.807) is 0 Å². The molecule has 0 spiro atoms. The van der Waals surface area contributed by atoms with E-state index in [-0.39, 0.29) is 0 Å². The molecule has 0 bridgehead atoms. The fourth-order valence-electron chi connectivity index (χ4n) is 1.52. The molecule has 1 aliphatic heterocycles. The highest BCUT2D eigenvalue weighted by atomic mass is 14.9. The van der Waals surface area contributed by atoms with Crippen molar-refractivity contribution in [2.75, 3.05) is 13.1 Å². The summed E-state index contributed by atoms with van der Waals surface area (Å²) in [5.74, 6) is 0.689. The number of rotatable bonds is 1. The smallest absolute Gasteiger partial charge is 0.0889 e. The van der Waals surface area contributed by atoms with Gasteiger partial charge in [-0.2, -0.15) is 0 Å². The van der Waals surface area contributed by atoms with Gasteiger partial charge in [0, 0.05) is 12.7 Å². The summed E-state index contributed by atoms with van der Waals surface area (Å²) in [5.41, 5.74) is 1.37. The first-order valence-corrected chi connectivity index (χ1v) is 3.99. The zero-order chi connectivity index (χ0) is 7.52. The second-order valence-electron chi connectivity index (χ2n) is 2.91. The predicted molar refractivity (Wildman–Crippen MR) is 43.3 cm³/mol. The minimum atomic E-state index is 0.689. The van der Waals surface area contributed by atoms with Gasteiger partial charge in [-0.05, 0) is 36.6 Å². The summed E-state index contributed by atoms with van der Waals surface area (Å²) in [7, 11) is 0. The number of pyridine rings is 1. The molecule has 0 aliphatic carbocycles. The number of hydrogen-bond donors (Lipinski definition) is 1. The molecule has 1 radical (unpaired) electrons. The molecule has 1 aromatic rings. The molecule has 2 heteroatoms. The van der Waals surface area contributed by atoms with Crippen LogP contribution >= 0.6 is 0 Å². The van der Waals surface area contributed by atoms with Gasteiger partial charge in [-0.25, -0.2) is 0 Å². The lowest BCUT2D eigenvalue weighted by atomic mass is 10.0. The lowest BCUT2D eigenvalue weighted by molar-refractivity contribution is 0.761. The molecule has 1 saturated heterocycles. The highest BCUT2D eigenvalue weighted by molar-refractivity contribution is 5.16. The van der Waals surface area contributed by atoms with Crippen molar-refractivity contribution in [3.8, 4) is 0 Å². The fraction of sp³-hybridized carbons (Fsp3) is 0.444. The first kappa shape index (κ1) is 6.80. The lowest BCUT2D eigenvalue weighted by Gasteiger charge is -2.06. The lowest BCUT2D eigenvalue weighted by Crippen LogP contribution is -2.07. The van der Waals surface area contributed by atoms with E-state index in [9.17, 15) is 0 Å². The Kier molecular flexibility index (Phi) is 1.86. The molecule has 2 nitrogen and oxygen atoms in total. The maximum absolute atomic E-state index is 3.87. The minimum Gasteiger partial charge on any atom is -0.316 e. The first-order chi connectivity index (χ1) is 5.47. The third-order valence-electron chi connectivity index (χ3n) is 2.18. The van der Waals surface area contributed by atoms with E-state index < -0.39 is 0 Å². The number of nitrogens with one attached hydrogen (secondary N) is 1. The molecule has 1 unspecified atom stereocenters. The van der Waals surface area contributed by atoms with Crippen molar-refractivity contribution >= 4 is 0 Å². The Hall–Kier alpha value is -0.890. The van der Waals surface area contributed by atoms with E-state index in [2.05, 4.69) is 22.6 Å². The molecule has 1 N–H and O–H groups in total. The van der Waals surface area contributed by atoms with Gasteiger partial charge >= 0.3 is 0 Å². The number of hydrogen-bond acceptors (Lipinski definition) is 2. The van der Waals surface area contributed by atoms with Gasteiger partial charge in [0.2, 0.25) is 0 Å². The summed E-state index contributed by atoms with van der Waals surface area (Å²) >= 11 is 0. The van der Waals surface area contributed by atoms with Crippen molar-refractivity contribution in [2.24, 2.45) is 0 Å². The van der Waals surface area contributed by atoms with Crippen LogP contribution in [0, 0.1) is 6.20 Å². The van der Waals surface area contributed by atoms with E-state index in [0.29, 0.717) is 5.92 Å². The van der Waals surface area contributed by atoms with Gasteiger partial charge in [0.25, 0.3) is 0 Å². The Morgan fingerprint density at radius 3 is 3.27 bits per heavy atom. The van der Waals surface area contributed by atoms with Crippen molar-refractivity contribution in [3.05, 3.63) is 30.1 Å². The molecule has 11 heavy (non-hydrogen) atoms. The van der Waals surface area contributed by atoms with Crippen LogP contribution in [0.5, 0.6) is 0 Å². The molecule has 1 aliphatic rings. The van der Waals surface area contributed by atoms with Crippen LogP contribution in [0.4, 0.5) is 0 Å². The highest BCUT2D eigenvalue weighted by Crippen LogP contribution is 2.20. The second kappa shape index (κ2) is 3.01. The van der Waals surface area contributed by atoms with Crippen molar-refractivity contribution in [3.63, 3.8) is 0 Å². The van der Waals surface area contributed by atoms with Crippen LogP contribution in [-0.2, 0) is 0 Å². The molecule has 1 atom stereocenters. The quantitative estimate of drug-likeness (QED) is 0.640. The third-order valence-corrected chi connectivity index (χ3v) is 2.18. The van der Waals surface area contributed by atoms with Crippen LogP contribution in [0.15, 0.2) is 18.3 Å². The molecule has 2 rings (SSSR count). The Balaban J connectivity index is 2.16. The van der Waals surface area contributed by atoms with Gasteiger partial charge in [-0.3, -0.25) is 4.98 Å². The van der Waals surface area contributed by atoms with Crippen LogP contribution in [0.2, 0.25) is 0 Å². The SMILES string of the molecule is [c]1cc(C2CCNC2)ccn1. The molecule has 57 valence electrons. The second-order valence-corrected chi connectivity index (χ2v) is 2.91. The zero-order valence-electron chi connectivity index (χ0n) is 6.38. The zero-order valence-corrected chi connectivity index (χ0v) is 6.38. The van der Waals surface area contributed by atoms with Crippen molar-refractivity contribution in [2.45, 2.75) is 12.3 Å². The molecule has 2 heterocycles. The predicted octanol–water partition coefficient (Wildman–Crippen LogP) is 0.959. The van der Waals surface area contributed by atoms with Crippen molar-refractivity contribution < 1.29 is 0 Å². The largest absolute Gasteiger partial charge is 0.316 e. The van der Waals surface area contributed by atoms with Gasteiger partial charge in [-0.15, -0.1) is 0 Å². The minimum absolute atomic E-state index is 0.689.